The first-order valence-corrected chi connectivity index (χ1v) is 6.55. The van der Waals surface area contributed by atoms with Crippen LogP contribution < -0.4 is 5.73 Å². The van der Waals surface area contributed by atoms with Crippen LogP contribution in [-0.2, 0) is 9.84 Å². The molecular weight excluding hydrogens is 186 g/mol. The van der Waals surface area contributed by atoms with Gasteiger partial charge in [0.05, 0.1) is 10.5 Å². The number of sulfone groups is 1. The van der Waals surface area contributed by atoms with E-state index >= 15 is 0 Å². The molecular formula is C9H19NO2S. The molecule has 78 valence electrons. The maximum atomic E-state index is 11.9. The Morgan fingerprint density at radius 1 is 1.23 bits per heavy atom. The second kappa shape index (κ2) is 3.96. The van der Waals surface area contributed by atoms with Crippen molar-refractivity contribution in [1.82, 2.24) is 0 Å². The fraction of sp³-hybridized carbons (Fsp3) is 1.00. The van der Waals surface area contributed by atoms with Gasteiger partial charge in [0.1, 0.15) is 0 Å². The minimum absolute atomic E-state index is 0.117. The van der Waals surface area contributed by atoms with Gasteiger partial charge in [0.2, 0.25) is 0 Å². The first-order valence-electron chi connectivity index (χ1n) is 4.94. The highest BCUT2D eigenvalue weighted by molar-refractivity contribution is 7.92. The number of hydrogen-bond donors (Lipinski definition) is 1. The van der Waals surface area contributed by atoms with E-state index in [1.54, 1.807) is 13.8 Å². The third kappa shape index (κ3) is 2.23. The molecule has 1 aliphatic carbocycles. The molecule has 0 radical (unpaired) electrons. The monoisotopic (exact) mass is 205 g/mol. The largest absolute Gasteiger partial charge is 0.327 e. The highest BCUT2D eigenvalue weighted by atomic mass is 32.2. The van der Waals surface area contributed by atoms with Gasteiger partial charge in [0.25, 0.3) is 0 Å². The average molecular weight is 205 g/mol. The molecule has 1 rings (SSSR count). The lowest BCUT2D eigenvalue weighted by Crippen LogP contribution is -2.40. The van der Waals surface area contributed by atoms with Crippen LogP contribution in [-0.4, -0.2) is 25.0 Å². The fourth-order valence-corrected chi connectivity index (χ4v) is 4.02. The Balaban J connectivity index is 2.75. The van der Waals surface area contributed by atoms with E-state index in [9.17, 15) is 8.42 Å². The molecule has 13 heavy (non-hydrogen) atoms. The van der Waals surface area contributed by atoms with Gasteiger partial charge in [0, 0.05) is 6.04 Å². The zero-order valence-electron chi connectivity index (χ0n) is 8.36. The lowest BCUT2D eigenvalue weighted by atomic mass is 10.3. The van der Waals surface area contributed by atoms with E-state index in [0.717, 1.165) is 25.7 Å². The maximum Gasteiger partial charge on any atom is 0.157 e. The normalized spacial score (nSPS) is 24.5. The van der Waals surface area contributed by atoms with Crippen molar-refractivity contribution in [3.8, 4) is 0 Å². The highest BCUT2D eigenvalue weighted by Crippen LogP contribution is 2.27. The first kappa shape index (κ1) is 11.0. The molecule has 2 N–H and O–H groups in total. The summed E-state index contributed by atoms with van der Waals surface area (Å²) in [5.74, 6) is 0. The van der Waals surface area contributed by atoms with Gasteiger partial charge in [0.15, 0.2) is 9.84 Å². The lowest BCUT2D eigenvalue weighted by Gasteiger charge is -2.20. The molecule has 0 amide bonds. The summed E-state index contributed by atoms with van der Waals surface area (Å²) in [6, 6.07) is -0.259. The standard InChI is InChI=1S/C9H19NO2S/c1-7(10)8(2)13(11,12)9-5-3-4-6-9/h7-9H,3-6,10H2,1-2H3. The molecule has 0 aromatic heterocycles. The van der Waals surface area contributed by atoms with Crippen molar-refractivity contribution in [3.63, 3.8) is 0 Å². The van der Waals surface area contributed by atoms with Crippen LogP contribution in [0.5, 0.6) is 0 Å². The van der Waals surface area contributed by atoms with E-state index in [-0.39, 0.29) is 11.3 Å². The summed E-state index contributed by atoms with van der Waals surface area (Å²) in [5, 5.41) is -0.510. The van der Waals surface area contributed by atoms with E-state index in [1.165, 1.54) is 0 Å². The van der Waals surface area contributed by atoms with Crippen molar-refractivity contribution < 1.29 is 8.42 Å². The predicted octanol–water partition coefficient (Wildman–Crippen LogP) is 1.08. The number of rotatable bonds is 3. The summed E-state index contributed by atoms with van der Waals surface area (Å²) in [5.41, 5.74) is 5.61. The van der Waals surface area contributed by atoms with Crippen LogP contribution in [0.3, 0.4) is 0 Å². The van der Waals surface area contributed by atoms with E-state index in [4.69, 9.17) is 5.73 Å². The van der Waals surface area contributed by atoms with Crippen LogP contribution in [0.25, 0.3) is 0 Å². The summed E-state index contributed by atoms with van der Waals surface area (Å²) < 4.78 is 23.8. The minimum atomic E-state index is -2.96. The van der Waals surface area contributed by atoms with E-state index < -0.39 is 15.1 Å². The Labute approximate surface area is 80.6 Å². The zero-order valence-corrected chi connectivity index (χ0v) is 9.18. The van der Waals surface area contributed by atoms with E-state index in [2.05, 4.69) is 0 Å². The number of hydrogen-bond acceptors (Lipinski definition) is 3. The smallest absolute Gasteiger partial charge is 0.157 e. The van der Waals surface area contributed by atoms with Gasteiger partial charge in [-0.3, -0.25) is 0 Å². The Morgan fingerprint density at radius 2 is 1.69 bits per heavy atom. The third-order valence-corrected chi connectivity index (χ3v) is 5.89. The van der Waals surface area contributed by atoms with Crippen LogP contribution >= 0.6 is 0 Å². The molecule has 0 aromatic carbocycles. The summed E-state index contributed by atoms with van der Waals surface area (Å²) in [6.07, 6.45) is 3.77. The van der Waals surface area contributed by atoms with Gasteiger partial charge < -0.3 is 5.73 Å². The predicted molar refractivity (Wildman–Crippen MR) is 54.3 cm³/mol. The minimum Gasteiger partial charge on any atom is -0.327 e. The van der Waals surface area contributed by atoms with Crippen LogP contribution in [0.2, 0.25) is 0 Å². The summed E-state index contributed by atoms with van der Waals surface area (Å²) in [4.78, 5) is 0. The number of nitrogens with two attached hydrogens (primary N) is 1. The molecule has 1 saturated carbocycles. The zero-order chi connectivity index (χ0) is 10.1. The quantitative estimate of drug-likeness (QED) is 0.750. The van der Waals surface area contributed by atoms with Crippen molar-refractivity contribution in [1.29, 1.82) is 0 Å². The van der Waals surface area contributed by atoms with E-state index in [1.807, 2.05) is 0 Å². The third-order valence-electron chi connectivity index (χ3n) is 3.03. The van der Waals surface area contributed by atoms with Crippen LogP contribution in [0.4, 0.5) is 0 Å². The molecule has 1 aliphatic rings. The van der Waals surface area contributed by atoms with Crippen molar-refractivity contribution in [2.24, 2.45) is 5.73 Å². The fourth-order valence-electron chi connectivity index (χ4n) is 1.82. The van der Waals surface area contributed by atoms with Crippen LogP contribution in [0.15, 0.2) is 0 Å². The molecule has 3 nitrogen and oxygen atoms in total. The lowest BCUT2D eigenvalue weighted by molar-refractivity contribution is 0.552. The SMILES string of the molecule is CC(N)C(C)S(=O)(=O)C1CCCC1. The highest BCUT2D eigenvalue weighted by Gasteiger charge is 2.34. The van der Waals surface area contributed by atoms with Crippen molar-refractivity contribution in [3.05, 3.63) is 0 Å². The molecule has 4 heteroatoms. The van der Waals surface area contributed by atoms with E-state index in [0.29, 0.717) is 0 Å². The van der Waals surface area contributed by atoms with Gasteiger partial charge in [-0.15, -0.1) is 0 Å². The Hall–Kier alpha value is -0.0900. The molecule has 0 saturated heterocycles. The molecule has 2 atom stereocenters. The van der Waals surface area contributed by atoms with Gasteiger partial charge >= 0.3 is 0 Å². The van der Waals surface area contributed by atoms with Gasteiger partial charge in [-0.05, 0) is 26.7 Å². The van der Waals surface area contributed by atoms with Crippen molar-refractivity contribution in [2.45, 2.75) is 56.1 Å². The first-order chi connectivity index (χ1) is 5.96. The summed E-state index contributed by atoms with van der Waals surface area (Å²) in [7, 11) is -2.96. The second-order valence-corrected chi connectivity index (χ2v) is 6.65. The molecule has 0 heterocycles. The summed E-state index contributed by atoms with van der Waals surface area (Å²) >= 11 is 0. The topological polar surface area (TPSA) is 60.2 Å². The van der Waals surface area contributed by atoms with Gasteiger partial charge in [-0.1, -0.05) is 12.8 Å². The molecule has 0 bridgehead atoms. The van der Waals surface area contributed by atoms with Crippen LogP contribution in [0.1, 0.15) is 39.5 Å². The molecule has 0 aromatic rings. The van der Waals surface area contributed by atoms with Crippen LogP contribution in [0, 0.1) is 0 Å². The maximum absolute atomic E-state index is 11.9. The van der Waals surface area contributed by atoms with Gasteiger partial charge in [-0.25, -0.2) is 8.42 Å². The second-order valence-electron chi connectivity index (χ2n) is 4.06. The van der Waals surface area contributed by atoms with Crippen molar-refractivity contribution in [2.75, 3.05) is 0 Å². The van der Waals surface area contributed by atoms with Gasteiger partial charge in [-0.2, -0.15) is 0 Å². The molecule has 0 aliphatic heterocycles. The molecule has 0 spiro atoms. The molecule has 2 unspecified atom stereocenters. The summed E-state index contributed by atoms with van der Waals surface area (Å²) in [6.45, 7) is 3.48. The Morgan fingerprint density at radius 3 is 2.08 bits per heavy atom. The Bertz CT molecular complexity index is 245. The Kier molecular flexibility index (Phi) is 3.35. The average Bonchev–Trinajstić information content (AvgIpc) is 2.54. The molecule has 1 fully saturated rings. The van der Waals surface area contributed by atoms with Crippen molar-refractivity contribution >= 4 is 9.84 Å².